The van der Waals surface area contributed by atoms with Gasteiger partial charge in [0.25, 0.3) is 0 Å². The van der Waals surface area contributed by atoms with Crippen LogP contribution in [0.2, 0.25) is 5.02 Å². The van der Waals surface area contributed by atoms with Gasteiger partial charge in [0.1, 0.15) is 66.4 Å². The number of aliphatic hydroxyl groups excluding tert-OH is 1. The SMILES string of the molecule is CC(=O)Nc1ccc(C[C@@H](NC(=O)[C@H](CNC(N)=O)NC(=O)[C@H](CO)NC(=O)[C@@H](Cc2cccnc2)NC(=O)[C@@H](Cc2ccc(Cl)cc2)NC(=O)[C@@H](Cc2ccc3ccccc3c2)NC(C)=O)C(=O)N[C@@H](CC(C)C)C(=O)N[C@@H](CCCCNC(C)C)C(=O)N2CCC[C@H]2C(=O)N[C@H](C)C([NH3+])=O)cc1.O=C([O-])C(F)(F)F. The van der Waals surface area contributed by atoms with E-state index in [1.54, 1.807) is 74.5 Å². The molecule has 602 valence electrons. The quantitative estimate of drug-likeness (QED) is 0.0220. The Bertz CT molecular complexity index is 4050. The molecule has 2 heterocycles. The number of nitrogens with two attached hydrogens (primary N) is 1. The van der Waals surface area contributed by atoms with Gasteiger partial charge in [-0.05, 0) is 121 Å². The van der Waals surface area contributed by atoms with Gasteiger partial charge in [0.15, 0.2) is 0 Å². The molecule has 32 nitrogen and oxygen atoms in total. The van der Waals surface area contributed by atoms with E-state index in [9.17, 15) is 80.6 Å². The van der Waals surface area contributed by atoms with Crippen LogP contribution in [0.15, 0.2) is 116 Å². The zero-order valence-electron chi connectivity index (χ0n) is 62.6. The summed E-state index contributed by atoms with van der Waals surface area (Å²) < 4.78 is 31.5. The number of urea groups is 1. The van der Waals surface area contributed by atoms with Crippen molar-refractivity contribution < 1.29 is 96.2 Å². The molecule has 36 heteroatoms. The number of carbonyl (C=O) groups excluding carboxylic acids is 14. The van der Waals surface area contributed by atoms with Crippen LogP contribution in [0.1, 0.15) is 109 Å². The van der Waals surface area contributed by atoms with Crippen molar-refractivity contribution in [2.75, 3.05) is 31.6 Å². The number of likely N-dealkylation sites (tertiary alicyclic amines) is 1. The van der Waals surface area contributed by atoms with Crippen molar-refractivity contribution in [3.63, 3.8) is 0 Å². The minimum atomic E-state index is -5.19. The van der Waals surface area contributed by atoms with Gasteiger partial charge in [-0.1, -0.05) is 112 Å². The van der Waals surface area contributed by atoms with Gasteiger partial charge in [-0.3, -0.25) is 63.5 Å². The van der Waals surface area contributed by atoms with E-state index in [4.69, 9.17) is 27.2 Å². The van der Waals surface area contributed by atoms with Gasteiger partial charge in [-0.25, -0.2) is 9.59 Å². The van der Waals surface area contributed by atoms with Crippen LogP contribution in [0.25, 0.3) is 10.8 Å². The first-order valence-corrected chi connectivity index (χ1v) is 36.3. The van der Waals surface area contributed by atoms with Crippen molar-refractivity contribution in [1.82, 2.24) is 68.4 Å². The molecule has 0 radical (unpaired) electrons. The number of carboxylic acids is 1. The smallest absolute Gasteiger partial charge is 0.430 e. The molecule has 1 fully saturated rings. The molecule has 1 aliphatic heterocycles. The zero-order chi connectivity index (χ0) is 82.2. The summed E-state index contributed by atoms with van der Waals surface area (Å²) >= 11 is 6.22. The van der Waals surface area contributed by atoms with E-state index in [1.807, 2.05) is 56.3 Å². The second-order valence-corrected chi connectivity index (χ2v) is 27.8. The molecule has 0 unspecified atom stereocenters. The fourth-order valence-corrected chi connectivity index (χ4v) is 11.8. The van der Waals surface area contributed by atoms with Crippen LogP contribution in [0.4, 0.5) is 23.7 Å². The number of benzene rings is 4. The van der Waals surface area contributed by atoms with Crippen LogP contribution in [-0.2, 0) is 88.0 Å². The maximum atomic E-state index is 15.0. The molecule has 1 saturated heterocycles. The number of alkyl halides is 3. The lowest BCUT2D eigenvalue weighted by molar-refractivity contribution is -0.344. The highest BCUT2D eigenvalue weighted by molar-refractivity contribution is 6.30. The van der Waals surface area contributed by atoms with Crippen molar-refractivity contribution >= 4 is 111 Å². The van der Waals surface area contributed by atoms with Gasteiger partial charge in [0, 0.05) is 81.8 Å². The Kier molecular flexibility index (Phi) is 36.2. The van der Waals surface area contributed by atoms with Gasteiger partial charge < -0.3 is 89.4 Å². The molecule has 111 heavy (non-hydrogen) atoms. The van der Waals surface area contributed by atoms with Gasteiger partial charge in [0.05, 0.1) is 6.61 Å². The molecule has 0 aliphatic carbocycles. The summed E-state index contributed by atoms with van der Waals surface area (Å²) in [5, 5.41) is 53.9. The third-order valence-corrected chi connectivity index (χ3v) is 17.6. The molecule has 0 spiro atoms. The van der Waals surface area contributed by atoms with Crippen LogP contribution in [0.3, 0.4) is 0 Å². The second kappa shape index (κ2) is 44.5. The van der Waals surface area contributed by atoms with Crippen molar-refractivity contribution in [3.8, 4) is 0 Å². The maximum Gasteiger partial charge on any atom is 0.430 e. The molecule has 0 bridgehead atoms. The topological polar surface area (TPSA) is 496 Å². The number of aliphatic carboxylic acids is 1. The Morgan fingerprint density at radius 1 is 0.595 bits per heavy atom. The van der Waals surface area contributed by atoms with E-state index in [0.717, 1.165) is 10.8 Å². The molecular formula is C75H98ClF3N16O16. The largest absolute Gasteiger partial charge is 0.542 e. The number of hydrogen-bond donors (Lipinski definition) is 15. The van der Waals surface area contributed by atoms with Crippen molar-refractivity contribution in [3.05, 3.63) is 143 Å². The molecule has 14 amide bonds. The Morgan fingerprint density at radius 2 is 1.08 bits per heavy atom. The molecule has 6 rings (SSSR count). The highest BCUT2D eigenvalue weighted by atomic mass is 35.5. The number of rotatable bonds is 39. The van der Waals surface area contributed by atoms with Crippen molar-refractivity contribution in [1.29, 1.82) is 0 Å². The van der Waals surface area contributed by atoms with Gasteiger partial charge in [0.2, 0.25) is 65.0 Å². The Hall–Kier alpha value is -11.2. The summed E-state index contributed by atoms with van der Waals surface area (Å²) in [6, 6.07) is 14.1. The standard InChI is InChI=1S/C73H97ClN16O14.C2HF3O2/c1-41(2)32-55(64(95)83-54(17-10-11-30-78-42(3)4)72(103)90-31-13-18-62(90)71(102)80-43(5)63(75)94)84-66(97)58(35-47-22-27-53(28-23-47)81-44(6)92)87-69(100)60(39-79-73(76)104)88-70(101)61(40-91)89-68(99)59(37-49-14-12-29-77-38-49)86-67(98)57(34-46-20-25-52(74)26-21-46)85-65(96)56(82-45(7)93)36-48-19-24-50-15-8-9-16-51(50)33-48;3-2(4,5)1(6)7/h8-9,12,14-16,19-29,33,38,41-43,54-62,78,91H,10-11,13,17-18,30-32,34-37,39-40H2,1-7H3,(H2,75,94)(H,80,102)(H,81,92)(H,82,93)(H,83,95)(H,84,97)(H,85,96)(H,86,98)(H,87,100)(H,88,101)(H,89,99)(H3,76,79,104);(H,6,7)/t43-,54+,55+,56-,57-,58-,59-,60+,61+,62+;/m1./s1. The van der Waals surface area contributed by atoms with Crippen molar-refractivity contribution in [2.45, 2.75) is 185 Å². The monoisotopic (exact) mass is 1570 g/mol. The average Bonchev–Trinajstić information content (AvgIpc) is 1.79. The Labute approximate surface area is 644 Å². The van der Waals surface area contributed by atoms with Crippen LogP contribution < -0.4 is 80.4 Å². The fraction of sp³-hybridized carbons (Fsp3) is 0.453. The third kappa shape index (κ3) is 31.4. The number of fused-ring (bicyclic) bond motifs is 1. The molecule has 0 saturated carbocycles. The summed E-state index contributed by atoms with van der Waals surface area (Å²) in [5.74, 6) is -12.5. The number of unbranched alkanes of at least 4 members (excludes halogenated alkanes) is 1. The number of anilines is 1. The number of quaternary nitrogens is 1. The molecular weight excluding hydrogens is 1470 g/mol. The summed E-state index contributed by atoms with van der Waals surface area (Å²) in [7, 11) is 0. The summed E-state index contributed by atoms with van der Waals surface area (Å²) in [4.78, 5) is 194. The number of primary amides is 1. The summed E-state index contributed by atoms with van der Waals surface area (Å²) in [6.45, 7) is 10.5. The first-order valence-electron chi connectivity index (χ1n) is 35.9. The number of carboxylic acid groups (broad SMARTS) is 1. The van der Waals surface area contributed by atoms with Gasteiger partial charge in [-0.15, -0.1) is 0 Å². The predicted molar refractivity (Wildman–Crippen MR) is 399 cm³/mol. The minimum absolute atomic E-state index is 0.00503. The van der Waals surface area contributed by atoms with Gasteiger partial charge >= 0.3 is 18.1 Å². The lowest BCUT2D eigenvalue weighted by Gasteiger charge is -2.31. The number of nitrogens with one attached hydrogen (secondary N) is 12. The minimum Gasteiger partial charge on any atom is -0.542 e. The molecule has 10 atom stereocenters. The molecule has 5 aromatic rings. The lowest BCUT2D eigenvalue weighted by Crippen LogP contribution is -2.66. The molecule has 4 aromatic carbocycles. The fourth-order valence-electron chi connectivity index (χ4n) is 11.7. The molecule has 18 N–H and O–H groups in total. The number of aliphatic hydroxyl groups is 1. The number of carbonyl (C=O) groups is 14. The number of pyridine rings is 1. The zero-order valence-corrected chi connectivity index (χ0v) is 63.3. The lowest BCUT2D eigenvalue weighted by atomic mass is 9.99. The van der Waals surface area contributed by atoms with Gasteiger partial charge in [-0.2, -0.15) is 13.2 Å². The number of amides is 14. The van der Waals surface area contributed by atoms with E-state index in [0.29, 0.717) is 65.2 Å². The van der Waals surface area contributed by atoms with Crippen LogP contribution in [0, 0.1) is 5.92 Å². The first-order chi connectivity index (χ1) is 52.4. The number of halogens is 4. The molecule has 1 aliphatic rings. The average molecular weight is 1570 g/mol. The first kappa shape index (κ1) is 90.4. The Morgan fingerprint density at radius 3 is 1.59 bits per heavy atom. The highest BCUT2D eigenvalue weighted by Crippen LogP contribution is 2.23. The van der Waals surface area contributed by atoms with E-state index < -0.39 is 157 Å². The number of aromatic nitrogens is 1. The van der Waals surface area contributed by atoms with Crippen LogP contribution in [0.5, 0.6) is 0 Å². The van der Waals surface area contributed by atoms with E-state index in [2.05, 4.69) is 74.5 Å². The van der Waals surface area contributed by atoms with E-state index in [1.165, 1.54) is 38.1 Å². The van der Waals surface area contributed by atoms with Crippen LogP contribution in [-0.4, -0.2) is 197 Å². The summed E-state index contributed by atoms with van der Waals surface area (Å²) in [5.41, 5.74) is 11.3. The van der Waals surface area contributed by atoms with Crippen LogP contribution >= 0.6 is 11.6 Å². The Balaban J connectivity index is 0.00000300. The number of hydrogen-bond acceptors (Lipinski definition) is 18. The predicted octanol–water partition coefficient (Wildman–Crippen LogP) is -0.547. The highest BCUT2D eigenvalue weighted by Gasteiger charge is 2.41. The maximum absolute atomic E-state index is 15.0. The van der Waals surface area contributed by atoms with E-state index >= 15 is 0 Å². The normalized spacial score (nSPS) is 15.0. The second-order valence-electron chi connectivity index (χ2n) is 27.4. The van der Waals surface area contributed by atoms with Crippen molar-refractivity contribution in [2.24, 2.45) is 11.7 Å². The molecule has 1 aromatic heterocycles. The third-order valence-electron chi connectivity index (χ3n) is 17.3. The number of nitrogens with zero attached hydrogens (tertiary/aromatic N) is 2. The van der Waals surface area contributed by atoms with E-state index in [-0.39, 0.29) is 62.9 Å². The summed E-state index contributed by atoms with van der Waals surface area (Å²) in [6.07, 6.45) is -1.05.